The van der Waals surface area contributed by atoms with Gasteiger partial charge in [-0.05, 0) is 17.7 Å². The van der Waals surface area contributed by atoms with Gasteiger partial charge in [0.05, 0.1) is 26.4 Å². The van der Waals surface area contributed by atoms with E-state index in [1.54, 1.807) is 31.4 Å². The molecule has 1 aromatic carbocycles. The van der Waals surface area contributed by atoms with E-state index in [1.165, 1.54) is 0 Å². The van der Waals surface area contributed by atoms with Gasteiger partial charge in [-0.1, -0.05) is 12.1 Å². The first-order valence-electron chi connectivity index (χ1n) is 5.31. The monoisotopic (exact) mass is 237 g/mol. The van der Waals surface area contributed by atoms with Gasteiger partial charge in [0, 0.05) is 0 Å². The largest absolute Gasteiger partial charge is 0.497 e. The number of methoxy groups -OCH3 is 1. The van der Waals surface area contributed by atoms with E-state index in [4.69, 9.17) is 15.2 Å². The van der Waals surface area contributed by atoms with Gasteiger partial charge in [0.25, 0.3) is 0 Å². The van der Waals surface area contributed by atoms with Gasteiger partial charge in [0.2, 0.25) is 0 Å². The Balaban J connectivity index is 2.23. The SMILES string of the molecule is COc1ccc(C(N)C2(C(=O)O)COC2)cc1. The average molecular weight is 237 g/mol. The van der Waals surface area contributed by atoms with Gasteiger partial charge >= 0.3 is 5.97 Å². The van der Waals surface area contributed by atoms with Gasteiger partial charge in [0.1, 0.15) is 11.2 Å². The van der Waals surface area contributed by atoms with Crippen LogP contribution in [0.25, 0.3) is 0 Å². The number of carboxylic acids is 1. The fraction of sp³-hybridized carbons (Fsp3) is 0.417. The second-order valence-corrected chi connectivity index (χ2v) is 4.20. The van der Waals surface area contributed by atoms with Crippen LogP contribution in [0.15, 0.2) is 24.3 Å². The predicted octanol–water partition coefficient (Wildman–Crippen LogP) is 0.796. The summed E-state index contributed by atoms with van der Waals surface area (Å²) >= 11 is 0. The molecule has 0 aromatic heterocycles. The lowest BCUT2D eigenvalue weighted by Gasteiger charge is -2.41. The van der Waals surface area contributed by atoms with E-state index in [0.717, 1.165) is 11.3 Å². The van der Waals surface area contributed by atoms with E-state index >= 15 is 0 Å². The Bertz CT molecular complexity index is 411. The zero-order valence-electron chi connectivity index (χ0n) is 9.55. The highest BCUT2D eigenvalue weighted by atomic mass is 16.5. The van der Waals surface area contributed by atoms with Gasteiger partial charge in [0.15, 0.2) is 0 Å². The van der Waals surface area contributed by atoms with Crippen molar-refractivity contribution in [2.24, 2.45) is 11.1 Å². The van der Waals surface area contributed by atoms with Crippen LogP contribution >= 0.6 is 0 Å². The van der Waals surface area contributed by atoms with Crippen molar-refractivity contribution in [2.75, 3.05) is 20.3 Å². The minimum Gasteiger partial charge on any atom is -0.497 e. The van der Waals surface area contributed by atoms with E-state index in [2.05, 4.69) is 0 Å². The summed E-state index contributed by atoms with van der Waals surface area (Å²) in [4.78, 5) is 11.3. The summed E-state index contributed by atoms with van der Waals surface area (Å²) < 4.78 is 10.0. The number of benzene rings is 1. The van der Waals surface area contributed by atoms with Crippen LogP contribution in [0.3, 0.4) is 0 Å². The minimum absolute atomic E-state index is 0.162. The van der Waals surface area contributed by atoms with Crippen LogP contribution < -0.4 is 10.5 Å². The van der Waals surface area contributed by atoms with Crippen LogP contribution in [0.4, 0.5) is 0 Å². The molecule has 1 atom stereocenters. The minimum atomic E-state index is -0.991. The number of hydrogen-bond donors (Lipinski definition) is 2. The number of nitrogens with two attached hydrogens (primary N) is 1. The molecular formula is C12H15NO4. The lowest BCUT2D eigenvalue weighted by atomic mass is 9.75. The maximum Gasteiger partial charge on any atom is 0.316 e. The summed E-state index contributed by atoms with van der Waals surface area (Å²) in [5, 5.41) is 9.23. The molecule has 1 fully saturated rings. The summed E-state index contributed by atoms with van der Waals surface area (Å²) in [5.41, 5.74) is 5.81. The van der Waals surface area contributed by atoms with Crippen LogP contribution in [-0.4, -0.2) is 31.4 Å². The molecule has 3 N–H and O–H groups in total. The first-order valence-corrected chi connectivity index (χ1v) is 5.31. The number of hydrogen-bond acceptors (Lipinski definition) is 4. The first kappa shape index (κ1) is 11.9. The normalized spacial score (nSPS) is 19.2. The summed E-state index contributed by atoms with van der Waals surface area (Å²) in [5.74, 6) is -0.192. The molecule has 1 unspecified atom stereocenters. The molecule has 0 bridgehead atoms. The number of aliphatic carboxylic acids is 1. The Kier molecular flexibility index (Phi) is 3.04. The molecule has 92 valence electrons. The molecule has 1 aromatic rings. The molecule has 17 heavy (non-hydrogen) atoms. The zero-order valence-corrected chi connectivity index (χ0v) is 9.55. The molecule has 1 heterocycles. The van der Waals surface area contributed by atoms with Crippen molar-refractivity contribution in [1.29, 1.82) is 0 Å². The Morgan fingerprint density at radius 1 is 1.47 bits per heavy atom. The lowest BCUT2D eigenvalue weighted by Crippen LogP contribution is -2.55. The van der Waals surface area contributed by atoms with Crippen LogP contribution in [0.5, 0.6) is 5.75 Å². The van der Waals surface area contributed by atoms with E-state index in [1.807, 2.05) is 0 Å². The summed E-state index contributed by atoms with van der Waals surface area (Å²) in [6, 6.07) is 6.53. The van der Waals surface area contributed by atoms with E-state index < -0.39 is 17.4 Å². The van der Waals surface area contributed by atoms with Gasteiger partial charge in [-0.3, -0.25) is 4.79 Å². The summed E-state index contributed by atoms with van der Waals surface area (Å²) in [6.45, 7) is 0.324. The Hall–Kier alpha value is -1.59. The van der Waals surface area contributed by atoms with E-state index in [-0.39, 0.29) is 13.2 Å². The summed E-state index contributed by atoms with van der Waals surface area (Å²) in [6.07, 6.45) is 0. The van der Waals surface area contributed by atoms with Gasteiger partial charge in [-0.25, -0.2) is 0 Å². The van der Waals surface area contributed by atoms with Gasteiger partial charge in [-0.15, -0.1) is 0 Å². The molecule has 2 rings (SSSR count). The molecule has 0 amide bonds. The van der Waals surface area contributed by atoms with Crippen molar-refractivity contribution in [2.45, 2.75) is 6.04 Å². The molecular weight excluding hydrogens is 222 g/mol. The highest BCUT2D eigenvalue weighted by Gasteiger charge is 2.51. The van der Waals surface area contributed by atoms with Gasteiger partial charge < -0.3 is 20.3 Å². The number of rotatable bonds is 4. The van der Waals surface area contributed by atoms with E-state index in [0.29, 0.717) is 0 Å². The van der Waals surface area contributed by atoms with Crippen LogP contribution in [0, 0.1) is 5.41 Å². The third-order valence-corrected chi connectivity index (χ3v) is 3.22. The topological polar surface area (TPSA) is 81.8 Å². The van der Waals surface area contributed by atoms with Crippen molar-refractivity contribution in [3.8, 4) is 5.75 Å². The quantitative estimate of drug-likeness (QED) is 0.809. The third-order valence-electron chi connectivity index (χ3n) is 3.22. The summed E-state index contributed by atoms with van der Waals surface area (Å²) in [7, 11) is 1.58. The van der Waals surface area contributed by atoms with Crippen molar-refractivity contribution in [3.05, 3.63) is 29.8 Å². The molecule has 1 aliphatic heterocycles. The predicted molar refractivity (Wildman–Crippen MR) is 60.8 cm³/mol. The molecule has 5 nitrogen and oxygen atoms in total. The Labute approximate surface area is 99.1 Å². The first-order chi connectivity index (χ1) is 8.10. The van der Waals surface area contributed by atoms with E-state index in [9.17, 15) is 9.90 Å². The second kappa shape index (κ2) is 4.35. The van der Waals surface area contributed by atoms with Crippen molar-refractivity contribution in [1.82, 2.24) is 0 Å². The number of ether oxygens (including phenoxy) is 2. The fourth-order valence-electron chi connectivity index (χ4n) is 1.89. The molecule has 0 saturated carbocycles. The zero-order chi connectivity index (χ0) is 12.5. The molecule has 0 radical (unpaired) electrons. The third kappa shape index (κ3) is 1.87. The number of carbonyl (C=O) groups is 1. The smallest absolute Gasteiger partial charge is 0.316 e. The Morgan fingerprint density at radius 3 is 2.41 bits per heavy atom. The lowest BCUT2D eigenvalue weighted by molar-refractivity contribution is -0.184. The molecule has 5 heteroatoms. The fourth-order valence-corrected chi connectivity index (χ4v) is 1.89. The van der Waals surface area contributed by atoms with Crippen LogP contribution in [0.2, 0.25) is 0 Å². The van der Waals surface area contributed by atoms with Gasteiger partial charge in [-0.2, -0.15) is 0 Å². The maximum absolute atomic E-state index is 11.3. The molecule has 1 aliphatic rings. The van der Waals surface area contributed by atoms with Crippen LogP contribution in [-0.2, 0) is 9.53 Å². The molecule has 1 saturated heterocycles. The number of carboxylic acid groups (broad SMARTS) is 1. The Morgan fingerprint density at radius 2 is 2.06 bits per heavy atom. The maximum atomic E-state index is 11.3. The molecule has 0 spiro atoms. The molecule has 0 aliphatic carbocycles. The van der Waals surface area contributed by atoms with Crippen molar-refractivity contribution in [3.63, 3.8) is 0 Å². The highest BCUT2D eigenvalue weighted by Crippen LogP contribution is 2.39. The van der Waals surface area contributed by atoms with Crippen molar-refractivity contribution >= 4 is 5.97 Å². The second-order valence-electron chi connectivity index (χ2n) is 4.20. The van der Waals surface area contributed by atoms with Crippen LogP contribution in [0.1, 0.15) is 11.6 Å². The van der Waals surface area contributed by atoms with Crippen molar-refractivity contribution < 1.29 is 19.4 Å². The standard InChI is InChI=1S/C12H15NO4/c1-16-9-4-2-8(3-5-9)10(13)12(11(14)15)6-17-7-12/h2-5,10H,6-7,13H2,1H3,(H,14,15). The average Bonchev–Trinajstić information content (AvgIpc) is 2.27. The highest BCUT2D eigenvalue weighted by molar-refractivity contribution is 5.77.